The van der Waals surface area contributed by atoms with Crippen molar-refractivity contribution in [1.29, 1.82) is 0 Å². The number of halogens is 5. The Balaban J connectivity index is 0.000000177. The van der Waals surface area contributed by atoms with Gasteiger partial charge >= 0.3 is 33.1 Å². The molecule has 2 atom stereocenters. The quantitative estimate of drug-likeness (QED) is 0.0536. The van der Waals surface area contributed by atoms with Crippen LogP contribution in [0.2, 0.25) is 0 Å². The van der Waals surface area contributed by atoms with Gasteiger partial charge in [0, 0.05) is 55.4 Å². The molecule has 0 radical (unpaired) electrons. The number of benzene rings is 2. The maximum Gasteiger partial charge on any atom is 0.249 e. The van der Waals surface area contributed by atoms with Crippen molar-refractivity contribution in [2.75, 3.05) is 6.54 Å². The van der Waals surface area contributed by atoms with Crippen molar-refractivity contribution in [2.45, 2.75) is 70.0 Å². The molecule has 6 fully saturated rings. The van der Waals surface area contributed by atoms with Gasteiger partial charge in [0.2, 0.25) is 11.8 Å². The van der Waals surface area contributed by atoms with Gasteiger partial charge in [-0.2, -0.15) is 10.2 Å². The topological polar surface area (TPSA) is 231 Å². The van der Waals surface area contributed by atoms with Gasteiger partial charge in [0.25, 0.3) is 11.8 Å². The Morgan fingerprint density at radius 3 is 1.60 bits per heavy atom. The summed E-state index contributed by atoms with van der Waals surface area (Å²) in [6, 6.07) is 5.63. The second kappa shape index (κ2) is 17.3. The fourth-order valence-electron chi connectivity index (χ4n) is 9.59. The van der Waals surface area contributed by atoms with E-state index in [0.29, 0.717) is 75.6 Å². The van der Waals surface area contributed by atoms with E-state index in [0.717, 1.165) is 12.1 Å². The molecule has 2 aliphatic heterocycles. The molecular formula is C38H36CuF4IN12O4. The van der Waals surface area contributed by atoms with Crippen LogP contribution >= 0.6 is 20.3 Å². The van der Waals surface area contributed by atoms with Crippen molar-refractivity contribution in [2.24, 2.45) is 48.4 Å². The minimum absolute atomic E-state index is 0.0359. The van der Waals surface area contributed by atoms with Crippen molar-refractivity contribution in [3.63, 3.8) is 0 Å². The minimum atomic E-state index is -0.718. The molecule has 3 aromatic rings. The summed E-state index contributed by atoms with van der Waals surface area (Å²) in [6.45, 7) is 0.977. The summed E-state index contributed by atoms with van der Waals surface area (Å²) in [6.07, 6.45) is 14.1. The van der Waals surface area contributed by atoms with Gasteiger partial charge in [-0.15, -0.1) is 11.5 Å². The summed E-state index contributed by atoms with van der Waals surface area (Å²) in [7, 11) is 0. The van der Waals surface area contributed by atoms with Crippen LogP contribution in [-0.2, 0) is 33.7 Å². The fraction of sp³-hybridized carbons (Fsp3) is 0.421. The van der Waals surface area contributed by atoms with Crippen molar-refractivity contribution in [1.82, 2.24) is 25.0 Å². The fourth-order valence-corrected chi connectivity index (χ4v) is 9.59. The smallest absolute Gasteiger partial charge is 0.249 e. The molecule has 3 heterocycles. The molecule has 4 amide bonds. The first-order valence-corrected chi connectivity index (χ1v) is 21.3. The van der Waals surface area contributed by atoms with Gasteiger partial charge in [-0.25, -0.2) is 27.6 Å². The van der Waals surface area contributed by atoms with Gasteiger partial charge in [-0.3, -0.25) is 23.9 Å². The first kappa shape index (κ1) is 44.2. The number of nitrogens with zero attached hydrogens (tertiary/aromatic N) is 10. The standard InChI is InChI=1S/C19H18F2N6O2.C16H15F2N5O.C3H3NO.Cu.HI/c20-12-3-11(4-13(21)5-12)15-1-2-23-27(15)17(29)19-7-18(8-19,9-19)10-26-6-14(16(22)28)24-25-26;17-11-3-10(4-12(18)5-11)13-1-2-21-23(13)14(24)16-6-15(7-16,8-16)9-20-22-19;1-2-3(4)5;;/h2-6,15H,1,7-10H2,(H2,22,28);2-5,13H,1,6-9H2;1H,(H2,4,5);;1H/q;;;+1;/p-1. The molecule has 4 N–H and O–H groups in total. The van der Waals surface area contributed by atoms with Gasteiger partial charge in [-0.05, 0) is 96.2 Å². The van der Waals surface area contributed by atoms with Gasteiger partial charge in [0.1, 0.15) is 23.3 Å². The van der Waals surface area contributed by atoms with Crippen LogP contribution in [0.25, 0.3) is 10.4 Å². The van der Waals surface area contributed by atoms with E-state index in [1.165, 1.54) is 40.5 Å². The van der Waals surface area contributed by atoms with E-state index in [-0.39, 0.29) is 28.3 Å². The van der Waals surface area contributed by atoms with Crippen LogP contribution in [-0.4, -0.2) is 67.6 Å². The maximum atomic E-state index is 13.6. The van der Waals surface area contributed by atoms with E-state index in [1.54, 1.807) is 43.4 Å². The number of amides is 4. The van der Waals surface area contributed by atoms with Crippen LogP contribution in [0.4, 0.5) is 17.6 Å². The number of aromatic nitrogens is 3. The first-order valence-electron chi connectivity index (χ1n) is 18.3. The molecule has 22 heteroatoms. The van der Waals surface area contributed by atoms with Crippen LogP contribution in [0.1, 0.15) is 85.1 Å². The normalized spacial score (nSPS) is 27.9. The zero-order chi connectivity index (χ0) is 43.6. The molecule has 6 aliphatic carbocycles. The third-order valence-electron chi connectivity index (χ3n) is 11.7. The zero-order valence-corrected chi connectivity index (χ0v) is 34.5. The molecule has 16 nitrogen and oxygen atoms in total. The van der Waals surface area contributed by atoms with E-state index in [1.807, 2.05) is 0 Å². The molecule has 60 heavy (non-hydrogen) atoms. The number of hydrazone groups is 2. The number of azide groups is 1. The number of rotatable bonds is 9. The number of primary amides is 2. The Kier molecular flexibility index (Phi) is 12.8. The van der Waals surface area contributed by atoms with Gasteiger partial charge < -0.3 is 11.5 Å². The maximum absolute atomic E-state index is 13.6. The summed E-state index contributed by atoms with van der Waals surface area (Å²) >= 11 is 5.87. The van der Waals surface area contributed by atoms with Crippen molar-refractivity contribution in [3.05, 3.63) is 93.1 Å². The average Bonchev–Trinajstić information content (AvgIpc) is 3.93. The molecule has 2 unspecified atom stereocenters. The van der Waals surface area contributed by atoms with Gasteiger partial charge in [0.15, 0.2) is 5.69 Å². The third-order valence-corrected chi connectivity index (χ3v) is 11.7. The molecule has 0 saturated heterocycles. The zero-order valence-electron chi connectivity index (χ0n) is 31.5. The van der Waals surface area contributed by atoms with Crippen LogP contribution < -0.4 is 11.5 Å². The van der Waals surface area contributed by atoms with E-state index in [4.69, 9.17) is 11.3 Å². The summed E-state index contributed by atoms with van der Waals surface area (Å²) in [5, 5.41) is 22.3. The van der Waals surface area contributed by atoms with Gasteiger partial charge in [-0.1, -0.05) is 10.3 Å². The Hall–Kier alpha value is -5.36. The van der Waals surface area contributed by atoms with Crippen LogP contribution in [0.3, 0.4) is 0 Å². The minimum Gasteiger partial charge on any atom is -0.272 e. The van der Waals surface area contributed by atoms with E-state index < -0.39 is 58.0 Å². The Morgan fingerprint density at radius 2 is 1.23 bits per heavy atom. The second-order valence-electron chi connectivity index (χ2n) is 16.0. The molecule has 8 aliphatic rings. The number of hydrogen-bond donors (Lipinski definition) is 2. The number of nitrogens with two attached hydrogens (primary N) is 2. The Morgan fingerprint density at radius 1 is 0.817 bits per heavy atom. The molecular weight excluding hydrogens is 955 g/mol. The molecule has 318 valence electrons. The monoisotopic (exact) mass is 990 g/mol. The molecule has 4 bridgehead atoms. The van der Waals surface area contributed by atoms with Crippen LogP contribution in [0, 0.1) is 57.3 Å². The third kappa shape index (κ3) is 8.62. The van der Waals surface area contributed by atoms with Crippen LogP contribution in [0.5, 0.6) is 0 Å². The molecule has 11 rings (SSSR count). The molecule has 0 spiro atoms. The Bertz CT molecular complexity index is 2300. The summed E-state index contributed by atoms with van der Waals surface area (Å²) < 4.78 is 55.8. The predicted molar refractivity (Wildman–Crippen MR) is 210 cm³/mol. The van der Waals surface area contributed by atoms with Gasteiger partial charge in [0.05, 0.1) is 29.1 Å². The molecule has 2 aromatic carbocycles. The number of carbonyl (C=O) groups excluding carboxylic acids is 4. The van der Waals surface area contributed by atoms with Crippen molar-refractivity contribution in [3.8, 4) is 12.3 Å². The number of carbonyl (C=O) groups is 4. The molecule has 6 saturated carbocycles. The van der Waals surface area contributed by atoms with Crippen molar-refractivity contribution >= 4 is 56.4 Å². The summed E-state index contributed by atoms with van der Waals surface area (Å²) in [4.78, 5) is 49.3. The average molecular weight is 991 g/mol. The second-order valence-corrected chi connectivity index (χ2v) is 16.0. The largest absolute Gasteiger partial charge is 0.272 e. The number of hydrogen-bond acceptors (Lipinski definition) is 9. The predicted octanol–water partition coefficient (Wildman–Crippen LogP) is 5.48. The van der Waals surface area contributed by atoms with E-state index in [9.17, 15) is 36.7 Å². The van der Waals surface area contributed by atoms with E-state index in [2.05, 4.69) is 55.5 Å². The SMILES string of the molecule is C#CC(N)=O.NC(=O)c1cn(CC23CC(C(=O)N4N=CCC4c4cc(F)cc(F)c4)(C2)C3)nn1.[Cu][I].[N-]=[N+]=NCC12CC(C(=O)N3N=CCC3c3cc(F)cc(F)c3)(C1)C2. The van der Waals surface area contributed by atoms with Crippen LogP contribution in [0.15, 0.2) is 57.9 Å². The number of terminal acetylenes is 1. The Labute approximate surface area is 359 Å². The van der Waals surface area contributed by atoms with Crippen molar-refractivity contribution < 1.29 is 49.5 Å². The summed E-state index contributed by atoms with van der Waals surface area (Å²) in [5.41, 5.74) is 17.9. The van der Waals surface area contributed by atoms with E-state index >= 15 is 0 Å². The first-order chi connectivity index (χ1) is 28.5. The molecule has 1 aromatic heterocycles. The summed E-state index contributed by atoms with van der Waals surface area (Å²) in [5.74, 6) is -2.57.